The van der Waals surface area contributed by atoms with Crippen molar-refractivity contribution in [3.05, 3.63) is 58.6 Å². The number of phenols is 1. The number of hydrogen-bond donors (Lipinski definition) is 1. The molecule has 0 amide bonds. The normalized spacial score (nSPS) is 10.3. The second-order valence-electron chi connectivity index (χ2n) is 4.62. The molecule has 1 N–H and O–H groups in total. The van der Waals surface area contributed by atoms with Gasteiger partial charge in [0.2, 0.25) is 0 Å². The Bertz CT molecular complexity index is 578. The van der Waals surface area contributed by atoms with Crippen LogP contribution in [0.2, 0.25) is 0 Å². The molecule has 3 nitrogen and oxygen atoms in total. The molecule has 0 aromatic heterocycles. The zero-order valence-electron chi connectivity index (χ0n) is 11.2. The molecule has 0 saturated carbocycles. The summed E-state index contributed by atoms with van der Waals surface area (Å²) in [5.74, 6) is 0.371. The van der Waals surface area contributed by atoms with Crippen LogP contribution in [0.1, 0.15) is 16.8 Å². The Morgan fingerprint density at radius 2 is 1.70 bits per heavy atom. The van der Waals surface area contributed by atoms with Gasteiger partial charge in [-0.15, -0.1) is 0 Å². The number of anilines is 1. The summed E-state index contributed by atoms with van der Waals surface area (Å²) in [6.07, 6.45) is 0.457. The van der Waals surface area contributed by atoms with Gasteiger partial charge >= 0.3 is 0 Å². The molecule has 2 rings (SSSR count). The average molecular weight is 334 g/mol. The molecule has 0 atom stereocenters. The first-order valence-corrected chi connectivity index (χ1v) is 7.14. The second-order valence-corrected chi connectivity index (χ2v) is 5.53. The van der Waals surface area contributed by atoms with Crippen LogP contribution in [-0.4, -0.2) is 24.5 Å². The summed E-state index contributed by atoms with van der Waals surface area (Å²) in [6.45, 7) is 0.639. The Labute approximate surface area is 127 Å². The third-order valence-corrected chi connectivity index (χ3v) is 3.66. The van der Waals surface area contributed by atoms with Crippen LogP contribution in [0.3, 0.4) is 0 Å². The van der Waals surface area contributed by atoms with Gasteiger partial charge in [-0.25, -0.2) is 0 Å². The van der Waals surface area contributed by atoms with Gasteiger partial charge in [0, 0.05) is 35.7 Å². The molecule has 0 aliphatic rings. The molecule has 2 aromatic carbocycles. The molecule has 0 saturated heterocycles. The third-order valence-electron chi connectivity index (χ3n) is 3.13. The minimum atomic E-state index is 0.128. The number of carbonyl (C=O) groups is 1. The van der Waals surface area contributed by atoms with Gasteiger partial charge in [-0.05, 0) is 36.4 Å². The van der Waals surface area contributed by atoms with Crippen LogP contribution >= 0.6 is 15.9 Å². The summed E-state index contributed by atoms with van der Waals surface area (Å²) in [4.78, 5) is 14.1. The molecular formula is C16H16BrNO2. The molecule has 0 bridgehead atoms. The fourth-order valence-corrected chi connectivity index (χ4v) is 2.15. The van der Waals surface area contributed by atoms with Crippen molar-refractivity contribution in [1.82, 2.24) is 0 Å². The lowest BCUT2D eigenvalue weighted by Crippen LogP contribution is -2.21. The van der Waals surface area contributed by atoms with Gasteiger partial charge in [0.25, 0.3) is 0 Å². The fraction of sp³-hybridized carbons (Fsp3) is 0.188. The molecular weight excluding hydrogens is 318 g/mol. The lowest BCUT2D eigenvalue weighted by Gasteiger charge is -2.18. The first-order valence-electron chi connectivity index (χ1n) is 6.35. The predicted molar refractivity (Wildman–Crippen MR) is 84.5 cm³/mol. The molecule has 0 spiro atoms. The second kappa shape index (κ2) is 6.57. The Hall–Kier alpha value is -1.81. The standard InChI is InChI=1S/C16H16BrNO2/c1-18(14-6-8-15(19)9-7-14)11-10-16(20)12-2-4-13(17)5-3-12/h2-9,19H,10-11H2,1H3. The van der Waals surface area contributed by atoms with Gasteiger partial charge in [-0.1, -0.05) is 28.1 Å². The number of benzene rings is 2. The largest absolute Gasteiger partial charge is 0.508 e. The molecule has 0 heterocycles. The molecule has 104 valence electrons. The van der Waals surface area contributed by atoms with Crippen LogP contribution in [-0.2, 0) is 0 Å². The Morgan fingerprint density at radius 1 is 1.10 bits per heavy atom. The molecule has 0 aliphatic heterocycles. The van der Waals surface area contributed by atoms with Crippen LogP contribution in [0.25, 0.3) is 0 Å². The average Bonchev–Trinajstić information content (AvgIpc) is 2.46. The van der Waals surface area contributed by atoms with Gasteiger partial charge in [-0.3, -0.25) is 4.79 Å². The van der Waals surface area contributed by atoms with Crippen molar-refractivity contribution < 1.29 is 9.90 Å². The highest BCUT2D eigenvalue weighted by Crippen LogP contribution is 2.18. The third kappa shape index (κ3) is 3.84. The Kier molecular flexibility index (Phi) is 4.79. The highest BCUT2D eigenvalue weighted by molar-refractivity contribution is 9.10. The minimum absolute atomic E-state index is 0.128. The molecule has 4 heteroatoms. The van der Waals surface area contributed by atoms with E-state index in [1.807, 2.05) is 48.3 Å². The molecule has 0 unspecified atom stereocenters. The fourth-order valence-electron chi connectivity index (χ4n) is 1.89. The lowest BCUT2D eigenvalue weighted by molar-refractivity contribution is 0.0985. The van der Waals surface area contributed by atoms with Crippen LogP contribution in [0.4, 0.5) is 5.69 Å². The topological polar surface area (TPSA) is 40.5 Å². The first-order chi connectivity index (χ1) is 9.56. The summed E-state index contributed by atoms with van der Waals surface area (Å²) < 4.78 is 0.968. The van der Waals surface area contributed by atoms with Crippen molar-refractivity contribution in [1.29, 1.82) is 0 Å². The first kappa shape index (κ1) is 14.6. The van der Waals surface area contributed by atoms with Crippen LogP contribution in [0.5, 0.6) is 5.75 Å². The van der Waals surface area contributed by atoms with E-state index in [9.17, 15) is 9.90 Å². The van der Waals surface area contributed by atoms with Crippen molar-refractivity contribution in [2.24, 2.45) is 0 Å². The molecule has 0 aliphatic carbocycles. The summed E-state index contributed by atoms with van der Waals surface area (Å²) >= 11 is 3.35. The van der Waals surface area contributed by atoms with Crippen molar-refractivity contribution >= 4 is 27.4 Å². The smallest absolute Gasteiger partial charge is 0.164 e. The number of hydrogen-bond acceptors (Lipinski definition) is 3. The maximum Gasteiger partial charge on any atom is 0.164 e. The number of Topliss-reactive ketones (excluding diaryl/α,β-unsaturated/α-hetero) is 1. The van der Waals surface area contributed by atoms with Gasteiger partial charge in [0.15, 0.2) is 5.78 Å². The Morgan fingerprint density at radius 3 is 2.30 bits per heavy atom. The van der Waals surface area contributed by atoms with Gasteiger partial charge in [0.05, 0.1) is 0 Å². The maximum atomic E-state index is 12.1. The van der Waals surface area contributed by atoms with E-state index in [0.717, 1.165) is 15.7 Å². The molecule has 0 radical (unpaired) electrons. The van der Waals surface area contributed by atoms with Crippen molar-refractivity contribution in [2.45, 2.75) is 6.42 Å². The zero-order chi connectivity index (χ0) is 14.5. The molecule has 2 aromatic rings. The van der Waals surface area contributed by atoms with E-state index in [0.29, 0.717) is 13.0 Å². The highest BCUT2D eigenvalue weighted by atomic mass is 79.9. The van der Waals surface area contributed by atoms with Crippen molar-refractivity contribution in [3.8, 4) is 5.75 Å². The molecule has 20 heavy (non-hydrogen) atoms. The van der Waals surface area contributed by atoms with Gasteiger partial charge in [-0.2, -0.15) is 0 Å². The van der Waals surface area contributed by atoms with Gasteiger partial charge < -0.3 is 10.0 Å². The predicted octanol–water partition coefficient (Wildman–Crippen LogP) is 3.86. The van der Waals surface area contributed by atoms with E-state index in [-0.39, 0.29) is 11.5 Å². The monoisotopic (exact) mass is 333 g/mol. The van der Waals surface area contributed by atoms with Gasteiger partial charge in [0.1, 0.15) is 5.75 Å². The summed E-state index contributed by atoms with van der Waals surface area (Å²) in [7, 11) is 1.93. The van der Waals surface area contributed by atoms with E-state index >= 15 is 0 Å². The van der Waals surface area contributed by atoms with E-state index in [4.69, 9.17) is 0 Å². The highest BCUT2D eigenvalue weighted by Gasteiger charge is 2.08. The maximum absolute atomic E-state index is 12.1. The lowest BCUT2D eigenvalue weighted by atomic mass is 10.1. The zero-order valence-corrected chi connectivity index (χ0v) is 12.8. The van der Waals surface area contributed by atoms with Crippen LogP contribution in [0.15, 0.2) is 53.0 Å². The van der Waals surface area contributed by atoms with Crippen LogP contribution in [0, 0.1) is 0 Å². The number of aromatic hydroxyl groups is 1. The van der Waals surface area contributed by atoms with E-state index in [1.165, 1.54) is 0 Å². The number of nitrogens with zero attached hydrogens (tertiary/aromatic N) is 1. The van der Waals surface area contributed by atoms with Crippen LogP contribution < -0.4 is 4.90 Å². The number of rotatable bonds is 5. The van der Waals surface area contributed by atoms with Crippen molar-refractivity contribution in [3.63, 3.8) is 0 Å². The number of carbonyl (C=O) groups excluding carboxylic acids is 1. The van der Waals surface area contributed by atoms with E-state index < -0.39 is 0 Å². The van der Waals surface area contributed by atoms with Crippen molar-refractivity contribution in [2.75, 3.05) is 18.5 Å². The minimum Gasteiger partial charge on any atom is -0.508 e. The summed E-state index contributed by atoms with van der Waals surface area (Å²) in [5, 5.41) is 9.25. The number of ketones is 1. The number of phenolic OH excluding ortho intramolecular Hbond substituents is 1. The quantitative estimate of drug-likeness (QED) is 0.844. The molecule has 0 fully saturated rings. The summed E-state index contributed by atoms with van der Waals surface area (Å²) in [6, 6.07) is 14.3. The SMILES string of the molecule is CN(CCC(=O)c1ccc(Br)cc1)c1ccc(O)cc1. The number of halogens is 1. The Balaban J connectivity index is 1.92. The summed E-state index contributed by atoms with van der Waals surface area (Å²) in [5.41, 5.74) is 1.71. The van der Waals surface area contributed by atoms with E-state index in [2.05, 4.69) is 15.9 Å². The van der Waals surface area contributed by atoms with E-state index in [1.54, 1.807) is 12.1 Å².